The first-order valence-corrected chi connectivity index (χ1v) is 10.3. The van der Waals surface area contributed by atoms with E-state index in [-0.39, 0.29) is 36.4 Å². The first-order valence-electron chi connectivity index (χ1n) is 10.3. The minimum absolute atomic E-state index is 0.0327. The molecule has 0 unspecified atom stereocenters. The molecule has 1 N–H and O–H groups in total. The van der Waals surface area contributed by atoms with Gasteiger partial charge >= 0.3 is 18.2 Å². The number of oxazole rings is 1. The van der Waals surface area contributed by atoms with Gasteiger partial charge in [0.15, 0.2) is 5.76 Å². The van der Waals surface area contributed by atoms with Gasteiger partial charge in [-0.3, -0.25) is 4.79 Å². The minimum atomic E-state index is -4.50. The lowest BCUT2D eigenvalue weighted by molar-refractivity contribution is -0.137. The van der Waals surface area contributed by atoms with Crippen LogP contribution in [0.5, 0.6) is 0 Å². The molecule has 1 aliphatic heterocycles. The number of likely N-dealkylation sites (tertiary alicyclic amines) is 1. The summed E-state index contributed by atoms with van der Waals surface area (Å²) in [6.07, 6.45) is -3.39. The van der Waals surface area contributed by atoms with Gasteiger partial charge < -0.3 is 24.1 Å². The number of nitrogens with one attached hydrogen (secondary N) is 1. The summed E-state index contributed by atoms with van der Waals surface area (Å²) in [5.41, 5.74) is -1.36. The SMILES string of the molecule is COC[C@@H]1C[C@@H](NC(=O)c2ncc(-c3cccc(C(F)(F)F)c3)o2)CN1C(=O)OC(C)(C)C. The Kier molecular flexibility index (Phi) is 7.01. The Balaban J connectivity index is 1.68. The third kappa shape index (κ3) is 6.25. The maximum absolute atomic E-state index is 13.0. The largest absolute Gasteiger partial charge is 0.444 e. The van der Waals surface area contributed by atoms with Crippen LogP contribution in [0.1, 0.15) is 43.4 Å². The highest BCUT2D eigenvalue weighted by Gasteiger charge is 2.38. The molecule has 2 heterocycles. The fourth-order valence-electron chi connectivity index (χ4n) is 3.52. The smallest absolute Gasteiger partial charge is 0.416 e. The fraction of sp³-hybridized carbons (Fsp3) is 0.500. The van der Waals surface area contributed by atoms with Crippen LogP contribution in [0.4, 0.5) is 18.0 Å². The average molecular weight is 469 g/mol. The molecule has 0 saturated carbocycles. The Hall–Kier alpha value is -3.08. The van der Waals surface area contributed by atoms with Crippen molar-refractivity contribution in [2.75, 3.05) is 20.3 Å². The van der Waals surface area contributed by atoms with E-state index in [1.165, 1.54) is 30.3 Å². The van der Waals surface area contributed by atoms with Crippen LogP contribution in [0, 0.1) is 0 Å². The van der Waals surface area contributed by atoms with Gasteiger partial charge in [-0.15, -0.1) is 0 Å². The van der Waals surface area contributed by atoms with Gasteiger partial charge in [-0.2, -0.15) is 13.2 Å². The van der Waals surface area contributed by atoms with Crippen LogP contribution in [-0.4, -0.2) is 59.8 Å². The zero-order chi connectivity index (χ0) is 24.4. The Morgan fingerprint density at radius 3 is 2.64 bits per heavy atom. The predicted molar refractivity (Wildman–Crippen MR) is 111 cm³/mol. The molecule has 1 saturated heterocycles. The fourth-order valence-corrected chi connectivity index (χ4v) is 3.52. The van der Waals surface area contributed by atoms with Crippen LogP contribution in [0.3, 0.4) is 0 Å². The summed E-state index contributed by atoms with van der Waals surface area (Å²) < 4.78 is 54.9. The standard InChI is InChI=1S/C22H26F3N3O5/c1-21(2,3)33-20(30)28-11-15(9-16(28)12-31-4)27-18(29)19-26-10-17(32-19)13-6-5-7-14(8-13)22(23,24)25/h5-8,10,15-16H,9,11-12H2,1-4H3,(H,27,29)/t15-,16+/m1/s1. The molecular formula is C22H26F3N3O5. The van der Waals surface area contributed by atoms with Gasteiger partial charge in [0.2, 0.25) is 0 Å². The summed E-state index contributed by atoms with van der Waals surface area (Å²) in [5.74, 6) is -0.896. The van der Waals surface area contributed by atoms with E-state index in [0.717, 1.165) is 12.1 Å². The van der Waals surface area contributed by atoms with Gasteiger partial charge in [-0.05, 0) is 39.3 Å². The van der Waals surface area contributed by atoms with Gasteiger partial charge in [0.05, 0.1) is 24.4 Å². The minimum Gasteiger partial charge on any atom is -0.444 e. The van der Waals surface area contributed by atoms with Crippen LogP contribution in [-0.2, 0) is 15.7 Å². The molecule has 8 nitrogen and oxygen atoms in total. The molecule has 1 aromatic heterocycles. The molecule has 0 radical (unpaired) electrons. The molecule has 1 aromatic carbocycles. The summed E-state index contributed by atoms with van der Waals surface area (Å²) in [5, 5.41) is 2.75. The Labute approximate surface area is 189 Å². The zero-order valence-corrected chi connectivity index (χ0v) is 18.7. The molecule has 0 aliphatic carbocycles. The van der Waals surface area contributed by atoms with Crippen molar-refractivity contribution in [2.45, 2.75) is 51.1 Å². The third-order valence-electron chi connectivity index (χ3n) is 4.91. The zero-order valence-electron chi connectivity index (χ0n) is 18.7. The number of hydrogen-bond acceptors (Lipinski definition) is 6. The van der Waals surface area contributed by atoms with Crippen molar-refractivity contribution >= 4 is 12.0 Å². The van der Waals surface area contributed by atoms with E-state index in [4.69, 9.17) is 13.9 Å². The number of amides is 2. The van der Waals surface area contributed by atoms with Crippen LogP contribution >= 0.6 is 0 Å². The molecule has 2 amide bonds. The van der Waals surface area contributed by atoms with Gasteiger partial charge in [-0.1, -0.05) is 12.1 Å². The lowest BCUT2D eigenvalue weighted by Gasteiger charge is -2.28. The van der Waals surface area contributed by atoms with Gasteiger partial charge in [0.1, 0.15) is 5.60 Å². The average Bonchev–Trinajstić information content (AvgIpc) is 3.34. The Bertz CT molecular complexity index is 1000. The van der Waals surface area contributed by atoms with Crippen LogP contribution < -0.4 is 5.32 Å². The Morgan fingerprint density at radius 1 is 1.27 bits per heavy atom. The first-order chi connectivity index (χ1) is 15.4. The predicted octanol–water partition coefficient (Wildman–Crippen LogP) is 4.11. The van der Waals surface area contributed by atoms with Crippen molar-refractivity contribution in [3.05, 3.63) is 41.9 Å². The van der Waals surface area contributed by atoms with Gasteiger partial charge in [-0.25, -0.2) is 9.78 Å². The van der Waals surface area contributed by atoms with E-state index >= 15 is 0 Å². The molecule has 1 fully saturated rings. The number of carbonyl (C=O) groups is 2. The molecule has 0 spiro atoms. The van der Waals surface area contributed by atoms with Crippen LogP contribution in [0.15, 0.2) is 34.9 Å². The monoisotopic (exact) mass is 469 g/mol. The second kappa shape index (κ2) is 9.42. The van der Waals surface area contributed by atoms with Crippen molar-refractivity contribution in [3.63, 3.8) is 0 Å². The summed E-state index contributed by atoms with van der Waals surface area (Å²) >= 11 is 0. The van der Waals surface area contributed by atoms with Crippen molar-refractivity contribution in [3.8, 4) is 11.3 Å². The second-order valence-corrected chi connectivity index (χ2v) is 8.76. The molecule has 180 valence electrons. The maximum Gasteiger partial charge on any atom is 0.416 e. The number of rotatable bonds is 5. The molecular weight excluding hydrogens is 443 g/mol. The number of ether oxygens (including phenoxy) is 2. The molecule has 1 aliphatic rings. The highest BCUT2D eigenvalue weighted by molar-refractivity contribution is 5.90. The molecule has 3 rings (SSSR count). The number of alkyl halides is 3. The topological polar surface area (TPSA) is 93.9 Å². The number of hydrogen-bond donors (Lipinski definition) is 1. The number of aromatic nitrogens is 1. The quantitative estimate of drug-likeness (QED) is 0.708. The lowest BCUT2D eigenvalue weighted by Crippen LogP contribution is -2.43. The van der Waals surface area contributed by atoms with Crippen molar-refractivity contribution in [2.24, 2.45) is 0 Å². The third-order valence-corrected chi connectivity index (χ3v) is 4.91. The van der Waals surface area contributed by atoms with E-state index < -0.39 is 35.4 Å². The summed E-state index contributed by atoms with van der Waals surface area (Å²) in [7, 11) is 1.52. The number of halogens is 3. The number of methoxy groups -OCH3 is 1. The van der Waals surface area contributed by atoms with Crippen molar-refractivity contribution in [1.29, 1.82) is 0 Å². The number of benzene rings is 1. The van der Waals surface area contributed by atoms with Crippen molar-refractivity contribution < 1.29 is 36.7 Å². The van der Waals surface area contributed by atoms with E-state index in [1.54, 1.807) is 20.8 Å². The number of carbonyl (C=O) groups excluding carboxylic acids is 2. The first kappa shape index (κ1) is 24.6. The van der Waals surface area contributed by atoms with Gasteiger partial charge in [0.25, 0.3) is 5.89 Å². The highest BCUT2D eigenvalue weighted by Crippen LogP contribution is 2.32. The van der Waals surface area contributed by atoms with E-state index in [2.05, 4.69) is 10.3 Å². The van der Waals surface area contributed by atoms with E-state index in [1.807, 2.05) is 0 Å². The van der Waals surface area contributed by atoms with E-state index in [9.17, 15) is 22.8 Å². The maximum atomic E-state index is 13.0. The second-order valence-electron chi connectivity index (χ2n) is 8.76. The van der Waals surface area contributed by atoms with E-state index in [0.29, 0.717) is 6.42 Å². The molecule has 11 heteroatoms. The van der Waals surface area contributed by atoms with Gasteiger partial charge in [0, 0.05) is 25.3 Å². The molecule has 2 aromatic rings. The summed E-state index contributed by atoms with van der Waals surface area (Å²) in [6.45, 7) is 5.75. The Morgan fingerprint density at radius 2 is 2.00 bits per heavy atom. The number of nitrogens with zero attached hydrogens (tertiary/aromatic N) is 2. The highest BCUT2D eigenvalue weighted by atomic mass is 19.4. The molecule has 2 atom stereocenters. The normalized spacial score (nSPS) is 18.9. The molecule has 0 bridgehead atoms. The van der Waals surface area contributed by atoms with Crippen LogP contribution in [0.25, 0.3) is 11.3 Å². The lowest BCUT2D eigenvalue weighted by atomic mass is 10.1. The van der Waals surface area contributed by atoms with Crippen LogP contribution in [0.2, 0.25) is 0 Å². The summed E-state index contributed by atoms with van der Waals surface area (Å²) in [4.78, 5) is 30.6. The van der Waals surface area contributed by atoms with Crippen molar-refractivity contribution in [1.82, 2.24) is 15.2 Å². The molecule has 33 heavy (non-hydrogen) atoms. The summed E-state index contributed by atoms with van der Waals surface area (Å²) in [6, 6.07) is 3.85.